The molecule has 1 rings (SSSR count). The summed E-state index contributed by atoms with van der Waals surface area (Å²) >= 11 is 0. The van der Waals surface area contributed by atoms with Crippen LogP contribution in [0.1, 0.15) is 67.7 Å². The zero-order valence-corrected chi connectivity index (χ0v) is 12.5. The van der Waals surface area contributed by atoms with E-state index in [9.17, 15) is 0 Å². The van der Waals surface area contributed by atoms with Crippen LogP contribution in [-0.2, 0) is 0 Å². The molecule has 96 valence electrons. The van der Waals surface area contributed by atoms with E-state index in [1.54, 1.807) is 0 Å². The Morgan fingerprint density at radius 1 is 1.06 bits per heavy atom. The molecule has 0 bridgehead atoms. The Balaban J connectivity index is 2.55. The first-order valence-corrected chi connectivity index (χ1v) is 7.36. The first-order chi connectivity index (χ1) is 7.36. The molecule has 5 unspecified atom stereocenters. The number of hydrogen-bond acceptors (Lipinski definition) is 0. The van der Waals surface area contributed by atoms with Crippen molar-refractivity contribution in [3.8, 4) is 0 Å². The molecule has 0 aromatic carbocycles. The van der Waals surface area contributed by atoms with E-state index < -0.39 is 0 Å². The SMILES string of the molecule is CCC(C)C(C)C1CC1C(C)(C)C(C)CC. The lowest BCUT2D eigenvalue weighted by molar-refractivity contribution is 0.160. The molecule has 0 saturated heterocycles. The van der Waals surface area contributed by atoms with E-state index >= 15 is 0 Å². The van der Waals surface area contributed by atoms with Crippen LogP contribution in [0.3, 0.4) is 0 Å². The van der Waals surface area contributed by atoms with Gasteiger partial charge in [-0.05, 0) is 41.4 Å². The fourth-order valence-corrected chi connectivity index (χ4v) is 3.34. The van der Waals surface area contributed by atoms with Gasteiger partial charge in [-0.3, -0.25) is 0 Å². The second-order valence-corrected chi connectivity index (χ2v) is 6.88. The lowest BCUT2D eigenvalue weighted by atomic mass is 9.72. The van der Waals surface area contributed by atoms with Crippen molar-refractivity contribution >= 4 is 0 Å². The smallest absolute Gasteiger partial charge is 0.0297 e. The number of rotatable bonds is 6. The zero-order valence-electron chi connectivity index (χ0n) is 12.5. The summed E-state index contributed by atoms with van der Waals surface area (Å²) in [7, 11) is 0. The van der Waals surface area contributed by atoms with Crippen LogP contribution in [0.4, 0.5) is 0 Å². The summed E-state index contributed by atoms with van der Waals surface area (Å²) in [6.07, 6.45) is 4.16. The Hall–Kier alpha value is 0. The van der Waals surface area contributed by atoms with Gasteiger partial charge in [-0.25, -0.2) is 0 Å². The van der Waals surface area contributed by atoms with Crippen LogP contribution in [-0.4, -0.2) is 0 Å². The predicted octanol–water partition coefficient (Wildman–Crippen LogP) is 5.38. The van der Waals surface area contributed by atoms with E-state index in [0.717, 1.165) is 29.6 Å². The highest BCUT2D eigenvalue weighted by molar-refractivity contribution is 5.00. The van der Waals surface area contributed by atoms with E-state index in [2.05, 4.69) is 48.5 Å². The lowest BCUT2D eigenvalue weighted by Crippen LogP contribution is -2.26. The van der Waals surface area contributed by atoms with Crippen molar-refractivity contribution in [2.45, 2.75) is 67.7 Å². The van der Waals surface area contributed by atoms with Crippen molar-refractivity contribution in [3.05, 3.63) is 0 Å². The Bertz CT molecular complexity index is 216. The Morgan fingerprint density at radius 3 is 2.06 bits per heavy atom. The molecule has 1 saturated carbocycles. The van der Waals surface area contributed by atoms with Gasteiger partial charge in [0, 0.05) is 0 Å². The average molecular weight is 224 g/mol. The highest BCUT2D eigenvalue weighted by Crippen LogP contribution is 2.58. The molecule has 0 spiro atoms. The number of hydrogen-bond donors (Lipinski definition) is 0. The van der Waals surface area contributed by atoms with Gasteiger partial charge in [0.15, 0.2) is 0 Å². The van der Waals surface area contributed by atoms with E-state index in [-0.39, 0.29) is 0 Å². The Kier molecular flexibility index (Phi) is 4.49. The van der Waals surface area contributed by atoms with Crippen molar-refractivity contribution < 1.29 is 0 Å². The molecule has 0 aliphatic heterocycles. The standard InChI is InChI=1S/C16H32/c1-8-11(3)13(5)14-10-15(14)16(6,7)12(4)9-2/h11-15H,8-10H2,1-7H3. The minimum Gasteiger partial charge on any atom is -0.0651 e. The minimum absolute atomic E-state index is 0.557. The summed E-state index contributed by atoms with van der Waals surface area (Å²) in [6, 6.07) is 0. The van der Waals surface area contributed by atoms with Crippen LogP contribution in [0, 0.1) is 35.0 Å². The third kappa shape index (κ3) is 2.63. The minimum atomic E-state index is 0.557. The molecule has 1 fully saturated rings. The summed E-state index contributed by atoms with van der Waals surface area (Å²) in [5.41, 5.74) is 0.557. The summed E-state index contributed by atoms with van der Waals surface area (Å²) < 4.78 is 0. The maximum absolute atomic E-state index is 2.50. The molecule has 5 atom stereocenters. The normalized spacial score (nSPS) is 30.9. The molecule has 0 amide bonds. The third-order valence-corrected chi connectivity index (χ3v) is 5.89. The van der Waals surface area contributed by atoms with E-state index in [1.165, 1.54) is 19.3 Å². The van der Waals surface area contributed by atoms with Crippen molar-refractivity contribution in [2.24, 2.45) is 35.0 Å². The van der Waals surface area contributed by atoms with Gasteiger partial charge in [0.05, 0.1) is 0 Å². The molecule has 16 heavy (non-hydrogen) atoms. The van der Waals surface area contributed by atoms with Crippen LogP contribution in [0.15, 0.2) is 0 Å². The second-order valence-electron chi connectivity index (χ2n) is 6.88. The van der Waals surface area contributed by atoms with Crippen molar-refractivity contribution in [1.82, 2.24) is 0 Å². The summed E-state index contributed by atoms with van der Waals surface area (Å²) in [4.78, 5) is 0. The van der Waals surface area contributed by atoms with Crippen molar-refractivity contribution in [1.29, 1.82) is 0 Å². The molecular formula is C16H32. The molecule has 0 heteroatoms. The van der Waals surface area contributed by atoms with Gasteiger partial charge in [0.1, 0.15) is 0 Å². The maximum Gasteiger partial charge on any atom is -0.0297 e. The summed E-state index contributed by atoms with van der Waals surface area (Å²) in [6.45, 7) is 17.0. The Morgan fingerprint density at radius 2 is 1.62 bits per heavy atom. The fraction of sp³-hybridized carbons (Fsp3) is 1.00. The molecule has 0 nitrogen and oxygen atoms in total. The lowest BCUT2D eigenvalue weighted by Gasteiger charge is -2.33. The zero-order chi connectivity index (χ0) is 12.5. The topological polar surface area (TPSA) is 0 Å². The highest BCUT2D eigenvalue weighted by Gasteiger charge is 2.51. The monoisotopic (exact) mass is 224 g/mol. The largest absolute Gasteiger partial charge is 0.0651 e. The van der Waals surface area contributed by atoms with Crippen LogP contribution >= 0.6 is 0 Å². The first kappa shape index (κ1) is 14.1. The van der Waals surface area contributed by atoms with Gasteiger partial charge in [0.2, 0.25) is 0 Å². The maximum atomic E-state index is 2.50. The van der Waals surface area contributed by atoms with Crippen LogP contribution in [0.2, 0.25) is 0 Å². The molecule has 0 aromatic rings. The van der Waals surface area contributed by atoms with Gasteiger partial charge in [-0.15, -0.1) is 0 Å². The molecule has 0 N–H and O–H groups in total. The van der Waals surface area contributed by atoms with Gasteiger partial charge >= 0.3 is 0 Å². The van der Waals surface area contributed by atoms with E-state index in [1.807, 2.05) is 0 Å². The van der Waals surface area contributed by atoms with Crippen LogP contribution in [0.5, 0.6) is 0 Å². The van der Waals surface area contributed by atoms with Gasteiger partial charge < -0.3 is 0 Å². The van der Waals surface area contributed by atoms with Gasteiger partial charge in [-0.2, -0.15) is 0 Å². The molecular weight excluding hydrogens is 192 g/mol. The summed E-state index contributed by atoms with van der Waals surface area (Å²) in [5, 5.41) is 0. The second kappa shape index (κ2) is 5.10. The quantitative estimate of drug-likeness (QED) is 0.568. The van der Waals surface area contributed by atoms with Gasteiger partial charge in [0.25, 0.3) is 0 Å². The molecule has 1 aliphatic rings. The fourth-order valence-electron chi connectivity index (χ4n) is 3.34. The van der Waals surface area contributed by atoms with E-state index in [4.69, 9.17) is 0 Å². The molecule has 0 heterocycles. The molecule has 0 radical (unpaired) electrons. The van der Waals surface area contributed by atoms with Crippen LogP contribution in [0.25, 0.3) is 0 Å². The molecule has 1 aliphatic carbocycles. The van der Waals surface area contributed by atoms with Gasteiger partial charge in [-0.1, -0.05) is 61.3 Å². The third-order valence-electron chi connectivity index (χ3n) is 5.89. The van der Waals surface area contributed by atoms with Crippen molar-refractivity contribution in [2.75, 3.05) is 0 Å². The molecule has 0 aromatic heterocycles. The van der Waals surface area contributed by atoms with E-state index in [0.29, 0.717) is 5.41 Å². The first-order valence-electron chi connectivity index (χ1n) is 7.36. The summed E-state index contributed by atoms with van der Waals surface area (Å²) in [5.74, 6) is 4.71. The highest BCUT2D eigenvalue weighted by atomic mass is 14.6. The average Bonchev–Trinajstić information content (AvgIpc) is 3.05. The van der Waals surface area contributed by atoms with Crippen molar-refractivity contribution in [3.63, 3.8) is 0 Å². The predicted molar refractivity (Wildman–Crippen MR) is 73.5 cm³/mol. The van der Waals surface area contributed by atoms with Crippen LogP contribution < -0.4 is 0 Å². The Labute approximate surface area is 103 Å².